The summed E-state index contributed by atoms with van der Waals surface area (Å²) in [6.07, 6.45) is -16.3. The molecule has 10 atom stereocenters. The van der Waals surface area contributed by atoms with Crippen LogP contribution in [0.2, 0.25) is 0 Å². The van der Waals surface area contributed by atoms with E-state index in [0.717, 1.165) is 12.1 Å². The average Bonchev–Trinajstić information content (AvgIpc) is 2.94. The van der Waals surface area contributed by atoms with E-state index in [0.29, 0.717) is 5.56 Å². The first-order chi connectivity index (χ1) is 19.4. The number of fused-ring (bicyclic) bond motifs is 1. The lowest BCUT2D eigenvalue weighted by atomic mass is 9.89. The first-order valence-electron chi connectivity index (χ1n) is 12.7. The van der Waals surface area contributed by atoms with Crippen molar-refractivity contribution >= 4 is 11.0 Å². The van der Waals surface area contributed by atoms with E-state index in [-0.39, 0.29) is 22.5 Å². The molecule has 14 nitrogen and oxygen atoms in total. The summed E-state index contributed by atoms with van der Waals surface area (Å²) in [6.45, 7) is 0.615. The molecule has 0 bridgehead atoms. The molecule has 3 aromatic rings. The third-order valence-electron chi connectivity index (χ3n) is 7.36. The summed E-state index contributed by atoms with van der Waals surface area (Å²) >= 11 is 0. The fourth-order valence-corrected chi connectivity index (χ4v) is 5.02. The molecule has 2 aliphatic heterocycles. The van der Waals surface area contributed by atoms with Gasteiger partial charge in [0.1, 0.15) is 82.8 Å². The Morgan fingerprint density at radius 2 is 1.49 bits per heavy atom. The zero-order chi connectivity index (χ0) is 29.7. The Morgan fingerprint density at radius 3 is 2.15 bits per heavy atom. The molecule has 0 spiro atoms. The molecule has 222 valence electrons. The van der Waals surface area contributed by atoms with Gasteiger partial charge in [-0.15, -0.1) is 0 Å². The monoisotopic (exact) mass is 578 g/mol. The van der Waals surface area contributed by atoms with Crippen molar-refractivity contribution in [2.75, 3.05) is 6.61 Å². The summed E-state index contributed by atoms with van der Waals surface area (Å²) < 4.78 is 22.9. The van der Waals surface area contributed by atoms with Crippen molar-refractivity contribution in [3.05, 3.63) is 52.2 Å². The van der Waals surface area contributed by atoms with Crippen LogP contribution >= 0.6 is 0 Å². The van der Waals surface area contributed by atoms with Gasteiger partial charge in [0.05, 0.1) is 18.3 Å². The SMILES string of the molecule is C[C@@H]1O[C@@H](Oc2c([C@H]3O[C@H](CO)[C@@H](O)[C@H](O)[C@H]3O)c(O)cc3oc(-c4ccc(O)cc4)cc(=O)c23)[C@H](O)[C@H](O)[C@H]1O. The number of phenols is 2. The second-order valence-corrected chi connectivity index (χ2v) is 10.1. The lowest BCUT2D eigenvalue weighted by Gasteiger charge is -2.42. The van der Waals surface area contributed by atoms with Crippen LogP contribution in [0.4, 0.5) is 0 Å². The smallest absolute Gasteiger partial charge is 0.229 e. The molecule has 0 unspecified atom stereocenters. The van der Waals surface area contributed by atoms with E-state index < -0.39 is 90.3 Å². The van der Waals surface area contributed by atoms with E-state index in [1.807, 2.05) is 0 Å². The van der Waals surface area contributed by atoms with Crippen molar-refractivity contribution < 1.29 is 64.6 Å². The summed E-state index contributed by atoms with van der Waals surface area (Å²) in [5, 5.41) is 92.5. The molecule has 5 rings (SSSR count). The van der Waals surface area contributed by atoms with Crippen LogP contribution in [0.5, 0.6) is 17.2 Å². The predicted molar refractivity (Wildman–Crippen MR) is 137 cm³/mol. The van der Waals surface area contributed by atoms with E-state index in [1.165, 1.54) is 31.2 Å². The van der Waals surface area contributed by atoms with Crippen molar-refractivity contribution in [3.8, 4) is 28.6 Å². The van der Waals surface area contributed by atoms with Gasteiger partial charge in [-0.25, -0.2) is 0 Å². The Kier molecular flexibility index (Phi) is 7.95. The zero-order valence-electron chi connectivity index (χ0n) is 21.5. The Hall–Kier alpha value is -3.31. The molecule has 2 aliphatic rings. The standard InChI is InChI=1S/C27H30O14/c1-9-19(32)21(34)24(37)27(38-9)41-25-17-12(30)6-14(10-2-4-11(29)5-3-10)39-15(17)7-13(31)18(25)26-23(36)22(35)20(33)16(8-28)40-26/h2-7,9,16,19-24,26-29,31-37H,8H2,1H3/t9-,16+,19-,20+,21+,22-,23+,24+,26+,27-/m0/s1. The van der Waals surface area contributed by atoms with Gasteiger partial charge in [0.15, 0.2) is 5.43 Å². The fraction of sp³-hybridized carbons (Fsp3) is 0.444. The number of aromatic hydroxyl groups is 2. The van der Waals surface area contributed by atoms with Crippen LogP contribution in [0.15, 0.2) is 45.6 Å². The molecular formula is C27H30O14. The van der Waals surface area contributed by atoms with Gasteiger partial charge in [-0.05, 0) is 31.2 Å². The zero-order valence-corrected chi connectivity index (χ0v) is 21.5. The number of hydrogen-bond donors (Lipinski definition) is 9. The van der Waals surface area contributed by atoms with Crippen LogP contribution in [-0.4, -0.2) is 108 Å². The summed E-state index contributed by atoms with van der Waals surface area (Å²) in [7, 11) is 0. The minimum atomic E-state index is -1.90. The molecule has 3 heterocycles. The van der Waals surface area contributed by atoms with E-state index in [9.17, 15) is 50.8 Å². The number of phenolic OH excluding ortho intramolecular Hbond substituents is 2. The van der Waals surface area contributed by atoms with Gasteiger partial charge in [-0.3, -0.25) is 4.79 Å². The van der Waals surface area contributed by atoms with Crippen molar-refractivity contribution in [1.82, 2.24) is 0 Å². The lowest BCUT2D eigenvalue weighted by molar-refractivity contribution is -0.268. The predicted octanol–water partition coefficient (Wildman–Crippen LogP) is -1.41. The number of rotatable bonds is 5. The van der Waals surface area contributed by atoms with Gasteiger partial charge in [-0.1, -0.05) is 0 Å². The average molecular weight is 579 g/mol. The topological polar surface area (TPSA) is 240 Å². The molecular weight excluding hydrogens is 548 g/mol. The highest BCUT2D eigenvalue weighted by atomic mass is 16.7. The summed E-state index contributed by atoms with van der Waals surface area (Å²) in [5.74, 6) is -1.16. The molecule has 41 heavy (non-hydrogen) atoms. The molecule has 0 aliphatic carbocycles. The molecule has 0 saturated carbocycles. The normalized spacial score (nSPS) is 34.0. The van der Waals surface area contributed by atoms with Gasteiger partial charge in [0.2, 0.25) is 6.29 Å². The van der Waals surface area contributed by atoms with E-state index in [4.69, 9.17) is 18.6 Å². The maximum Gasteiger partial charge on any atom is 0.229 e. The van der Waals surface area contributed by atoms with E-state index in [2.05, 4.69) is 0 Å². The first kappa shape index (κ1) is 29.2. The highest BCUT2D eigenvalue weighted by Gasteiger charge is 2.48. The summed E-state index contributed by atoms with van der Waals surface area (Å²) in [6, 6.07) is 7.84. The number of aliphatic hydroxyl groups excluding tert-OH is 7. The third-order valence-corrected chi connectivity index (χ3v) is 7.36. The number of benzene rings is 2. The molecule has 2 fully saturated rings. The van der Waals surface area contributed by atoms with Crippen LogP contribution in [0.25, 0.3) is 22.3 Å². The minimum absolute atomic E-state index is 0.0260. The molecule has 9 N–H and O–H groups in total. The van der Waals surface area contributed by atoms with Crippen LogP contribution < -0.4 is 10.2 Å². The van der Waals surface area contributed by atoms with Gasteiger partial charge in [-0.2, -0.15) is 0 Å². The molecule has 2 aromatic carbocycles. The lowest BCUT2D eigenvalue weighted by Crippen LogP contribution is -2.58. The van der Waals surface area contributed by atoms with E-state index in [1.54, 1.807) is 0 Å². The molecule has 14 heteroatoms. The highest BCUT2D eigenvalue weighted by molar-refractivity contribution is 5.88. The van der Waals surface area contributed by atoms with Crippen molar-refractivity contribution in [2.45, 2.75) is 68.1 Å². The number of hydrogen-bond acceptors (Lipinski definition) is 14. The Balaban J connectivity index is 1.71. The largest absolute Gasteiger partial charge is 0.508 e. The highest BCUT2D eigenvalue weighted by Crippen LogP contribution is 2.46. The second-order valence-electron chi connectivity index (χ2n) is 10.1. The van der Waals surface area contributed by atoms with Crippen LogP contribution in [-0.2, 0) is 9.47 Å². The number of aliphatic hydroxyl groups is 7. The Morgan fingerprint density at radius 1 is 0.829 bits per heavy atom. The minimum Gasteiger partial charge on any atom is -0.508 e. The quantitative estimate of drug-likeness (QED) is 0.169. The maximum atomic E-state index is 13.5. The fourth-order valence-electron chi connectivity index (χ4n) is 5.02. The van der Waals surface area contributed by atoms with Gasteiger partial charge < -0.3 is 64.6 Å². The molecule has 1 aromatic heterocycles. The summed E-state index contributed by atoms with van der Waals surface area (Å²) in [4.78, 5) is 13.5. The third kappa shape index (κ3) is 5.14. The Labute approximate surface area is 231 Å². The van der Waals surface area contributed by atoms with Crippen LogP contribution in [0, 0.1) is 0 Å². The van der Waals surface area contributed by atoms with Gasteiger partial charge in [0.25, 0.3) is 0 Å². The second kappa shape index (κ2) is 11.2. The maximum absolute atomic E-state index is 13.5. The van der Waals surface area contributed by atoms with Crippen molar-refractivity contribution in [1.29, 1.82) is 0 Å². The molecule has 0 amide bonds. The molecule has 2 saturated heterocycles. The van der Waals surface area contributed by atoms with Crippen LogP contribution in [0.3, 0.4) is 0 Å². The summed E-state index contributed by atoms with van der Waals surface area (Å²) in [5.41, 5.74) is -0.962. The van der Waals surface area contributed by atoms with Gasteiger partial charge in [0, 0.05) is 17.7 Å². The van der Waals surface area contributed by atoms with E-state index >= 15 is 0 Å². The van der Waals surface area contributed by atoms with Crippen LogP contribution in [0.1, 0.15) is 18.6 Å². The van der Waals surface area contributed by atoms with Crippen molar-refractivity contribution in [3.63, 3.8) is 0 Å². The number of ether oxygens (including phenoxy) is 3. The molecule has 0 radical (unpaired) electrons. The van der Waals surface area contributed by atoms with Crippen molar-refractivity contribution in [2.24, 2.45) is 0 Å². The van der Waals surface area contributed by atoms with Gasteiger partial charge >= 0.3 is 0 Å². The Bertz CT molecular complexity index is 1450. The first-order valence-corrected chi connectivity index (χ1v) is 12.7.